The zero-order valence-electron chi connectivity index (χ0n) is 22.3. The molecule has 3 aromatic rings. The van der Waals surface area contributed by atoms with Gasteiger partial charge in [-0.15, -0.1) is 0 Å². The third-order valence-electron chi connectivity index (χ3n) is 6.71. The average molecular weight is 549 g/mol. The molecule has 1 fully saturated rings. The Morgan fingerprint density at radius 3 is 2.45 bits per heavy atom. The molecule has 1 amide bonds. The highest BCUT2D eigenvalue weighted by atomic mass is 19.2. The first kappa shape index (κ1) is 28.3. The Hall–Kier alpha value is -4.74. The molecule has 1 atom stereocenters. The lowest BCUT2D eigenvalue weighted by Crippen LogP contribution is -2.42. The minimum atomic E-state index is -1.13. The molecule has 1 aliphatic rings. The van der Waals surface area contributed by atoms with Gasteiger partial charge in [-0.1, -0.05) is 19.1 Å². The molecule has 0 radical (unpaired) electrons. The number of amidine groups is 1. The van der Waals surface area contributed by atoms with Crippen molar-refractivity contribution in [1.82, 2.24) is 20.2 Å². The minimum absolute atomic E-state index is 0.00280. The number of benzene rings is 2. The fourth-order valence-electron chi connectivity index (χ4n) is 4.26. The van der Waals surface area contributed by atoms with Crippen molar-refractivity contribution in [2.75, 3.05) is 25.1 Å². The fraction of sp³-hybridized carbons (Fsp3) is 0.286. The molecule has 1 aromatic heterocycles. The summed E-state index contributed by atoms with van der Waals surface area (Å²) in [7, 11) is 3.39. The summed E-state index contributed by atoms with van der Waals surface area (Å²) < 4.78 is 27.9. The molecule has 1 aliphatic carbocycles. The van der Waals surface area contributed by atoms with Crippen LogP contribution in [0.3, 0.4) is 0 Å². The van der Waals surface area contributed by atoms with Gasteiger partial charge in [0.15, 0.2) is 17.9 Å². The highest BCUT2D eigenvalue weighted by Crippen LogP contribution is 2.30. The number of aliphatic imine (C=N–C) groups is 1. The zero-order valence-corrected chi connectivity index (χ0v) is 22.3. The van der Waals surface area contributed by atoms with Crippen molar-refractivity contribution in [3.63, 3.8) is 0 Å². The van der Waals surface area contributed by atoms with E-state index in [4.69, 9.17) is 11.1 Å². The largest absolute Gasteiger partial charge is 0.383 e. The van der Waals surface area contributed by atoms with E-state index in [-0.39, 0.29) is 46.1 Å². The second-order valence-electron chi connectivity index (χ2n) is 9.37. The van der Waals surface area contributed by atoms with Crippen LogP contribution < -0.4 is 16.4 Å². The van der Waals surface area contributed by atoms with E-state index in [0.29, 0.717) is 29.7 Å². The van der Waals surface area contributed by atoms with Gasteiger partial charge in [0.25, 0.3) is 5.91 Å². The molecule has 208 valence electrons. The van der Waals surface area contributed by atoms with Crippen molar-refractivity contribution < 1.29 is 18.4 Å². The number of hydrogen-bond acceptors (Lipinski definition) is 8. The first-order valence-corrected chi connectivity index (χ1v) is 12.7. The quantitative estimate of drug-likeness (QED) is 0.170. The number of hydrogen-bond donors (Lipinski definition) is 4. The predicted octanol–water partition coefficient (Wildman–Crippen LogP) is 3.94. The second-order valence-corrected chi connectivity index (χ2v) is 9.37. The topological polar surface area (TPSA) is 149 Å². The molecule has 1 saturated carbocycles. The van der Waals surface area contributed by atoms with E-state index in [9.17, 15) is 18.4 Å². The monoisotopic (exact) mass is 548 g/mol. The Morgan fingerprint density at radius 2 is 1.85 bits per heavy atom. The highest BCUT2D eigenvalue weighted by molar-refractivity contribution is 6.16. The van der Waals surface area contributed by atoms with Crippen molar-refractivity contribution >= 4 is 41.1 Å². The van der Waals surface area contributed by atoms with Crippen LogP contribution in [0.1, 0.15) is 58.0 Å². The summed E-state index contributed by atoms with van der Waals surface area (Å²) in [6.07, 6.45) is 4.08. The molecular formula is C28H30F2N8O2. The molecular weight excluding hydrogens is 518 g/mol. The number of carbonyl (C=O) groups is 2. The second kappa shape index (κ2) is 12.0. The summed E-state index contributed by atoms with van der Waals surface area (Å²) >= 11 is 0. The third-order valence-corrected chi connectivity index (χ3v) is 6.71. The SMILES string of the molecule is CCC(Nc1ncnc(N)c1C(=N)c1ccc(C(=O)NC)cc1)C(=Nc1cc(F)c(F)cc1C=O)N(C)C1CC1. The maximum absolute atomic E-state index is 14.1. The Kier molecular flexibility index (Phi) is 8.46. The number of aromatic nitrogens is 2. The normalized spacial score (nSPS) is 13.9. The highest BCUT2D eigenvalue weighted by Gasteiger charge is 2.32. The maximum atomic E-state index is 14.1. The van der Waals surface area contributed by atoms with Gasteiger partial charge < -0.3 is 21.3 Å². The van der Waals surface area contributed by atoms with E-state index in [1.165, 1.54) is 13.4 Å². The van der Waals surface area contributed by atoms with Crippen molar-refractivity contribution in [2.45, 2.75) is 38.3 Å². The maximum Gasteiger partial charge on any atom is 0.251 e. The average Bonchev–Trinajstić information content (AvgIpc) is 3.81. The number of carbonyl (C=O) groups excluding carboxylic acids is 2. The molecule has 40 heavy (non-hydrogen) atoms. The molecule has 10 nitrogen and oxygen atoms in total. The number of nitrogen functional groups attached to an aromatic ring is 1. The van der Waals surface area contributed by atoms with E-state index in [2.05, 4.69) is 25.6 Å². The Balaban J connectivity index is 1.73. The van der Waals surface area contributed by atoms with Crippen LogP contribution in [0.15, 0.2) is 47.7 Å². The number of nitrogens with two attached hydrogens (primary N) is 1. The molecule has 1 unspecified atom stereocenters. The van der Waals surface area contributed by atoms with Crippen LogP contribution in [0.25, 0.3) is 0 Å². The summed E-state index contributed by atoms with van der Waals surface area (Å²) in [5.74, 6) is -1.65. The van der Waals surface area contributed by atoms with Gasteiger partial charge in [-0.2, -0.15) is 0 Å². The Bertz CT molecular complexity index is 1470. The molecule has 4 rings (SSSR count). The number of nitrogens with one attached hydrogen (secondary N) is 3. The first-order valence-electron chi connectivity index (χ1n) is 12.7. The molecule has 0 bridgehead atoms. The van der Waals surface area contributed by atoms with Crippen molar-refractivity contribution in [1.29, 1.82) is 5.41 Å². The van der Waals surface area contributed by atoms with Gasteiger partial charge in [0, 0.05) is 42.9 Å². The summed E-state index contributed by atoms with van der Waals surface area (Å²) in [5, 5.41) is 14.7. The van der Waals surface area contributed by atoms with Crippen LogP contribution in [-0.4, -0.2) is 64.8 Å². The van der Waals surface area contributed by atoms with E-state index in [1.54, 1.807) is 24.3 Å². The van der Waals surface area contributed by atoms with E-state index < -0.39 is 17.7 Å². The molecule has 1 heterocycles. The molecule has 0 aliphatic heterocycles. The van der Waals surface area contributed by atoms with Gasteiger partial charge >= 0.3 is 0 Å². The van der Waals surface area contributed by atoms with Gasteiger partial charge in [0.05, 0.1) is 23.0 Å². The number of rotatable bonds is 10. The lowest BCUT2D eigenvalue weighted by molar-refractivity contribution is 0.0962. The molecule has 0 saturated heterocycles. The van der Waals surface area contributed by atoms with Crippen LogP contribution in [0, 0.1) is 17.0 Å². The minimum Gasteiger partial charge on any atom is -0.383 e. The van der Waals surface area contributed by atoms with Gasteiger partial charge in [-0.25, -0.2) is 23.7 Å². The van der Waals surface area contributed by atoms with Gasteiger partial charge in [0.1, 0.15) is 23.8 Å². The van der Waals surface area contributed by atoms with Crippen LogP contribution in [0.5, 0.6) is 0 Å². The summed E-state index contributed by atoms with van der Waals surface area (Å²) in [4.78, 5) is 38.5. The van der Waals surface area contributed by atoms with E-state index in [1.807, 2.05) is 18.9 Å². The van der Waals surface area contributed by atoms with Crippen LogP contribution in [0.4, 0.5) is 26.1 Å². The van der Waals surface area contributed by atoms with E-state index >= 15 is 0 Å². The number of aldehydes is 1. The van der Waals surface area contributed by atoms with Crippen LogP contribution in [-0.2, 0) is 0 Å². The standard InChI is InChI=1S/C28H30F2N8O2/c1-4-21(27(38(3)18-9-10-18)37-22-12-20(30)19(29)11-17(22)13-39)36-26-23(25(32)34-14-35-26)24(31)15-5-7-16(8-6-15)28(40)33-2/h5-8,11-14,18,21,31H,4,9-10H2,1-3H3,(H,33,40)(H3,32,34,35,36). The van der Waals surface area contributed by atoms with Crippen molar-refractivity contribution in [3.05, 3.63) is 76.6 Å². The lowest BCUT2D eigenvalue weighted by Gasteiger charge is -2.29. The van der Waals surface area contributed by atoms with Gasteiger partial charge in [-0.05, 0) is 37.5 Å². The smallest absolute Gasteiger partial charge is 0.251 e. The van der Waals surface area contributed by atoms with Crippen LogP contribution in [0.2, 0.25) is 0 Å². The fourth-order valence-corrected chi connectivity index (χ4v) is 4.26. The predicted molar refractivity (Wildman–Crippen MR) is 150 cm³/mol. The number of amides is 1. The summed E-state index contributed by atoms with van der Waals surface area (Å²) in [6.45, 7) is 1.91. The lowest BCUT2D eigenvalue weighted by atomic mass is 10.0. The number of likely N-dealkylation sites (N-methyl/N-ethyl adjacent to an activating group) is 1. The zero-order chi connectivity index (χ0) is 29.0. The molecule has 12 heteroatoms. The Morgan fingerprint density at radius 1 is 1.20 bits per heavy atom. The third kappa shape index (κ3) is 5.95. The van der Waals surface area contributed by atoms with Crippen LogP contribution >= 0.6 is 0 Å². The number of anilines is 2. The van der Waals surface area contributed by atoms with Gasteiger partial charge in [0.2, 0.25) is 0 Å². The molecule has 0 spiro atoms. The van der Waals surface area contributed by atoms with Crippen molar-refractivity contribution in [3.8, 4) is 0 Å². The molecule has 2 aromatic carbocycles. The first-order chi connectivity index (χ1) is 19.2. The summed E-state index contributed by atoms with van der Waals surface area (Å²) in [6, 6.07) is 7.90. The van der Waals surface area contributed by atoms with Crippen molar-refractivity contribution in [2.24, 2.45) is 4.99 Å². The number of nitrogens with zero attached hydrogens (tertiary/aromatic N) is 4. The van der Waals surface area contributed by atoms with Gasteiger partial charge in [-0.3, -0.25) is 15.0 Å². The number of halogens is 2. The molecule has 5 N–H and O–H groups in total. The Labute approximate surface area is 230 Å². The van der Waals surface area contributed by atoms with E-state index in [0.717, 1.165) is 25.0 Å². The summed E-state index contributed by atoms with van der Waals surface area (Å²) in [5.41, 5.74) is 7.36.